The largest absolute Gasteiger partial charge is 0.351 e. The van der Waals surface area contributed by atoms with Gasteiger partial charge in [-0.05, 0) is 50.4 Å². The highest BCUT2D eigenvalue weighted by atomic mass is 16.2. The van der Waals surface area contributed by atoms with Gasteiger partial charge in [-0.1, -0.05) is 24.3 Å². The molecule has 2 aliphatic rings. The smallest absolute Gasteiger partial charge is 0.318 e. The number of hydrogen-bond acceptors (Lipinski definition) is 4. The van der Waals surface area contributed by atoms with E-state index in [1.807, 2.05) is 21.9 Å². The predicted octanol–water partition coefficient (Wildman–Crippen LogP) is 0.867. The highest BCUT2D eigenvalue weighted by Crippen LogP contribution is 2.25. The molecule has 1 aromatic carbocycles. The van der Waals surface area contributed by atoms with Crippen LogP contribution in [0, 0.1) is 5.92 Å². The maximum Gasteiger partial charge on any atom is 0.318 e. The molecule has 4 amide bonds. The summed E-state index contributed by atoms with van der Waals surface area (Å²) in [5, 5.41) is 2.12. The summed E-state index contributed by atoms with van der Waals surface area (Å²) in [6.07, 6.45) is 2.36. The first-order valence-electron chi connectivity index (χ1n) is 9.15. The van der Waals surface area contributed by atoms with Crippen molar-refractivity contribution >= 4 is 17.8 Å². The van der Waals surface area contributed by atoms with Crippen molar-refractivity contribution in [3.63, 3.8) is 0 Å². The number of piperidine rings is 1. The molecule has 1 aromatic rings. The molecule has 0 saturated carbocycles. The van der Waals surface area contributed by atoms with Gasteiger partial charge in [-0.15, -0.1) is 0 Å². The fraction of sp³-hybridized carbons (Fsp3) is 0.526. The zero-order valence-electron chi connectivity index (χ0n) is 15.1. The average molecular weight is 358 g/mol. The van der Waals surface area contributed by atoms with Crippen LogP contribution in [0.4, 0.5) is 4.79 Å². The molecule has 0 bridgehead atoms. The second-order valence-corrected chi connectivity index (χ2v) is 7.12. The normalized spacial score (nSPS) is 19.5. The number of hydrogen-bond donors (Lipinski definition) is 2. The second-order valence-electron chi connectivity index (χ2n) is 7.12. The van der Waals surface area contributed by atoms with Crippen molar-refractivity contribution in [3.8, 4) is 0 Å². The number of nitrogens with two attached hydrogens (primary N) is 1. The Kier molecular flexibility index (Phi) is 5.56. The van der Waals surface area contributed by atoms with E-state index >= 15 is 0 Å². The summed E-state index contributed by atoms with van der Waals surface area (Å²) in [5.74, 6) is -0.175. The molecular formula is C19H26N4O3. The SMILES string of the molecule is CC(C(=O)NC(N)=O)N1CCC(C(=O)N2CCc3ccccc3C2)CC1. The van der Waals surface area contributed by atoms with Gasteiger partial charge in [-0.25, -0.2) is 4.79 Å². The summed E-state index contributed by atoms with van der Waals surface area (Å²) in [6, 6.07) is 7.02. The number of likely N-dealkylation sites (tertiary alicyclic amines) is 1. The Labute approximate surface area is 153 Å². The highest BCUT2D eigenvalue weighted by Gasteiger charge is 2.33. The summed E-state index contributed by atoms with van der Waals surface area (Å²) < 4.78 is 0. The number of nitrogens with one attached hydrogen (secondary N) is 1. The van der Waals surface area contributed by atoms with Crippen LogP contribution < -0.4 is 11.1 Å². The summed E-state index contributed by atoms with van der Waals surface area (Å²) >= 11 is 0. The molecule has 140 valence electrons. The van der Waals surface area contributed by atoms with Gasteiger partial charge in [-0.2, -0.15) is 0 Å². The van der Waals surface area contributed by atoms with Gasteiger partial charge in [0, 0.05) is 19.0 Å². The molecule has 3 N–H and O–H groups in total. The number of fused-ring (bicyclic) bond motifs is 1. The van der Waals surface area contributed by atoms with Gasteiger partial charge >= 0.3 is 6.03 Å². The summed E-state index contributed by atoms with van der Waals surface area (Å²) in [7, 11) is 0. The molecule has 7 heteroatoms. The van der Waals surface area contributed by atoms with E-state index in [0.717, 1.165) is 25.8 Å². The van der Waals surface area contributed by atoms with Crippen molar-refractivity contribution < 1.29 is 14.4 Å². The lowest BCUT2D eigenvalue weighted by atomic mass is 9.92. The van der Waals surface area contributed by atoms with Crippen LogP contribution in [-0.4, -0.2) is 53.3 Å². The topological polar surface area (TPSA) is 95.7 Å². The number of carbonyl (C=O) groups is 3. The highest BCUT2D eigenvalue weighted by molar-refractivity contribution is 5.96. The van der Waals surface area contributed by atoms with Gasteiger partial charge in [0.05, 0.1) is 6.04 Å². The Balaban J connectivity index is 1.53. The van der Waals surface area contributed by atoms with E-state index in [1.165, 1.54) is 11.1 Å². The lowest BCUT2D eigenvalue weighted by Gasteiger charge is -2.37. The molecule has 1 atom stereocenters. The van der Waals surface area contributed by atoms with Gasteiger partial charge in [-0.3, -0.25) is 19.8 Å². The summed E-state index contributed by atoms with van der Waals surface area (Å²) in [6.45, 7) is 4.53. The Bertz CT molecular complexity index is 698. The van der Waals surface area contributed by atoms with E-state index in [2.05, 4.69) is 17.4 Å². The molecule has 0 aromatic heterocycles. The first kappa shape index (κ1) is 18.4. The molecule has 26 heavy (non-hydrogen) atoms. The minimum atomic E-state index is -0.836. The molecule has 0 radical (unpaired) electrons. The molecule has 1 fully saturated rings. The van der Waals surface area contributed by atoms with E-state index < -0.39 is 18.0 Å². The fourth-order valence-corrected chi connectivity index (χ4v) is 3.87. The Morgan fingerprint density at radius 3 is 2.42 bits per heavy atom. The Morgan fingerprint density at radius 1 is 1.12 bits per heavy atom. The van der Waals surface area contributed by atoms with Crippen molar-refractivity contribution in [2.45, 2.75) is 38.8 Å². The monoisotopic (exact) mass is 358 g/mol. The van der Waals surface area contributed by atoms with Crippen LogP contribution in [0.5, 0.6) is 0 Å². The van der Waals surface area contributed by atoms with Crippen molar-refractivity contribution in [2.24, 2.45) is 11.7 Å². The molecule has 2 heterocycles. The third-order valence-electron chi connectivity index (χ3n) is 5.49. The van der Waals surface area contributed by atoms with Crippen LogP contribution in [0.15, 0.2) is 24.3 Å². The zero-order chi connectivity index (χ0) is 18.7. The molecule has 7 nitrogen and oxygen atoms in total. The Morgan fingerprint density at radius 2 is 1.77 bits per heavy atom. The summed E-state index contributed by atoms with van der Waals surface area (Å²) in [4.78, 5) is 39.6. The maximum absolute atomic E-state index is 12.9. The lowest BCUT2D eigenvalue weighted by Crippen LogP contribution is -2.52. The molecule has 1 saturated heterocycles. The Hall–Kier alpha value is -2.41. The van der Waals surface area contributed by atoms with E-state index in [9.17, 15) is 14.4 Å². The molecule has 2 aliphatic heterocycles. The van der Waals surface area contributed by atoms with Crippen LogP contribution in [0.1, 0.15) is 30.9 Å². The van der Waals surface area contributed by atoms with Gasteiger partial charge in [0.2, 0.25) is 11.8 Å². The van der Waals surface area contributed by atoms with Crippen LogP contribution in [0.3, 0.4) is 0 Å². The third kappa shape index (κ3) is 4.04. The van der Waals surface area contributed by atoms with E-state index in [-0.39, 0.29) is 11.8 Å². The predicted molar refractivity (Wildman–Crippen MR) is 97.0 cm³/mol. The number of rotatable bonds is 3. The molecule has 0 spiro atoms. The first-order valence-corrected chi connectivity index (χ1v) is 9.15. The lowest BCUT2D eigenvalue weighted by molar-refractivity contribution is -0.138. The van der Waals surface area contributed by atoms with Crippen molar-refractivity contribution in [2.75, 3.05) is 19.6 Å². The zero-order valence-corrected chi connectivity index (χ0v) is 15.1. The fourth-order valence-electron chi connectivity index (χ4n) is 3.87. The van der Waals surface area contributed by atoms with Crippen molar-refractivity contribution in [1.29, 1.82) is 0 Å². The number of amides is 4. The maximum atomic E-state index is 12.9. The number of urea groups is 1. The molecule has 0 aliphatic carbocycles. The van der Waals surface area contributed by atoms with Crippen molar-refractivity contribution in [3.05, 3.63) is 35.4 Å². The number of primary amides is 1. The van der Waals surface area contributed by atoms with Crippen molar-refractivity contribution in [1.82, 2.24) is 15.1 Å². The second kappa shape index (κ2) is 7.86. The summed E-state index contributed by atoms with van der Waals surface area (Å²) in [5.41, 5.74) is 7.57. The van der Waals surface area contributed by atoms with Crippen LogP contribution >= 0.6 is 0 Å². The number of carbonyl (C=O) groups excluding carboxylic acids is 3. The van der Waals surface area contributed by atoms with Gasteiger partial charge in [0.1, 0.15) is 0 Å². The van der Waals surface area contributed by atoms with Crippen LogP contribution in [-0.2, 0) is 22.6 Å². The van der Waals surface area contributed by atoms with Crippen LogP contribution in [0.2, 0.25) is 0 Å². The third-order valence-corrected chi connectivity index (χ3v) is 5.49. The van der Waals surface area contributed by atoms with Gasteiger partial charge < -0.3 is 10.6 Å². The number of imide groups is 1. The first-order chi connectivity index (χ1) is 12.5. The standard InChI is InChI=1S/C19H26N4O3/c1-13(17(24)21-19(20)26)22-9-7-15(8-10-22)18(25)23-11-6-14-4-2-3-5-16(14)12-23/h2-5,13,15H,6-12H2,1H3,(H3,20,21,24,26). The molecular weight excluding hydrogens is 332 g/mol. The number of benzene rings is 1. The van der Waals surface area contributed by atoms with E-state index in [4.69, 9.17) is 5.73 Å². The minimum Gasteiger partial charge on any atom is -0.351 e. The van der Waals surface area contributed by atoms with Gasteiger partial charge in [0.25, 0.3) is 0 Å². The molecule has 3 rings (SSSR count). The molecule has 1 unspecified atom stereocenters. The van der Waals surface area contributed by atoms with Gasteiger partial charge in [0.15, 0.2) is 0 Å². The van der Waals surface area contributed by atoms with E-state index in [0.29, 0.717) is 19.6 Å². The quantitative estimate of drug-likeness (QED) is 0.838. The average Bonchev–Trinajstić information content (AvgIpc) is 2.66. The van der Waals surface area contributed by atoms with Crippen LogP contribution in [0.25, 0.3) is 0 Å². The minimum absolute atomic E-state index is 0.00270. The number of nitrogens with zero attached hydrogens (tertiary/aromatic N) is 2. The van der Waals surface area contributed by atoms with E-state index in [1.54, 1.807) is 6.92 Å².